The van der Waals surface area contributed by atoms with Crippen molar-refractivity contribution in [2.45, 2.75) is 32.3 Å². The molecule has 2 rings (SSSR count). The largest absolute Gasteiger partial charge is 0.508 e. The maximum absolute atomic E-state index is 12.3. The lowest BCUT2D eigenvalue weighted by Gasteiger charge is -2.23. The van der Waals surface area contributed by atoms with E-state index in [0.29, 0.717) is 6.42 Å². The van der Waals surface area contributed by atoms with E-state index in [2.05, 4.69) is 0 Å². The van der Waals surface area contributed by atoms with E-state index in [-0.39, 0.29) is 29.0 Å². The van der Waals surface area contributed by atoms with Gasteiger partial charge in [0, 0.05) is 12.0 Å². The number of nitrogens with zero attached hydrogens (tertiary/aromatic N) is 1. The number of hydrogen-bond acceptors (Lipinski definition) is 5. The summed E-state index contributed by atoms with van der Waals surface area (Å²) in [4.78, 5) is 22.5. The van der Waals surface area contributed by atoms with Gasteiger partial charge in [-0.15, -0.1) is 0 Å². The van der Waals surface area contributed by atoms with Crippen LogP contribution in [0.4, 0.5) is 5.69 Å². The molecule has 0 heterocycles. The van der Waals surface area contributed by atoms with Gasteiger partial charge in [-0.3, -0.25) is 10.1 Å². The predicted octanol–water partition coefficient (Wildman–Crippen LogP) is 4.04. The highest BCUT2D eigenvalue weighted by Gasteiger charge is 2.23. The van der Waals surface area contributed by atoms with Gasteiger partial charge < -0.3 is 9.84 Å². The Morgan fingerprint density at radius 2 is 1.92 bits per heavy atom. The molecule has 0 radical (unpaired) electrons. The first-order valence-electron chi connectivity index (χ1n) is 7.66. The van der Waals surface area contributed by atoms with Crippen molar-refractivity contribution in [2.75, 3.05) is 0 Å². The molecule has 0 amide bonds. The Morgan fingerprint density at radius 3 is 2.50 bits per heavy atom. The summed E-state index contributed by atoms with van der Waals surface area (Å²) in [6.45, 7) is 3.87. The molecule has 1 N–H and O–H groups in total. The Balaban J connectivity index is 2.19. The minimum atomic E-state index is -0.691. The van der Waals surface area contributed by atoms with Crippen LogP contribution in [-0.2, 0) is 4.74 Å². The summed E-state index contributed by atoms with van der Waals surface area (Å²) in [5.74, 6) is -1.06. The lowest BCUT2D eigenvalue weighted by atomic mass is 9.94. The van der Waals surface area contributed by atoms with Crippen LogP contribution >= 0.6 is 0 Å². The van der Waals surface area contributed by atoms with Crippen LogP contribution in [0.5, 0.6) is 5.75 Å². The molecular weight excluding hydrogens is 310 g/mol. The van der Waals surface area contributed by atoms with Crippen LogP contribution in [0.3, 0.4) is 0 Å². The van der Waals surface area contributed by atoms with E-state index in [4.69, 9.17) is 4.74 Å². The van der Waals surface area contributed by atoms with Crippen LogP contribution in [0.15, 0.2) is 48.5 Å². The van der Waals surface area contributed by atoms with Gasteiger partial charge in [-0.05, 0) is 18.1 Å². The molecule has 0 fully saturated rings. The number of benzene rings is 2. The van der Waals surface area contributed by atoms with Crippen molar-refractivity contribution in [1.82, 2.24) is 0 Å². The van der Waals surface area contributed by atoms with Gasteiger partial charge in [0.05, 0.1) is 16.6 Å². The molecule has 2 unspecified atom stereocenters. The standard InChI is InChI=1S/C18H19NO5/c1-3-17(12(2)13-7-5-4-6-8-13)24-18(21)14-9-15(19(22)23)11-16(20)10-14/h4-12,17,20H,3H2,1-2H3. The highest BCUT2D eigenvalue weighted by atomic mass is 16.6. The first-order valence-corrected chi connectivity index (χ1v) is 7.66. The zero-order valence-corrected chi connectivity index (χ0v) is 13.5. The van der Waals surface area contributed by atoms with Gasteiger partial charge >= 0.3 is 5.97 Å². The average molecular weight is 329 g/mol. The number of aromatic hydroxyl groups is 1. The molecule has 2 aromatic carbocycles. The molecule has 6 heteroatoms. The molecule has 0 spiro atoms. The normalized spacial score (nSPS) is 13.1. The van der Waals surface area contributed by atoms with Crippen molar-refractivity contribution in [3.05, 3.63) is 69.8 Å². The molecule has 0 aliphatic carbocycles. The fourth-order valence-electron chi connectivity index (χ4n) is 2.53. The molecule has 0 aliphatic rings. The molecule has 0 saturated heterocycles. The van der Waals surface area contributed by atoms with E-state index in [1.807, 2.05) is 44.2 Å². The summed E-state index contributed by atoms with van der Waals surface area (Å²) in [7, 11) is 0. The summed E-state index contributed by atoms with van der Waals surface area (Å²) in [6.07, 6.45) is 0.226. The Bertz CT molecular complexity index is 729. The van der Waals surface area contributed by atoms with E-state index in [0.717, 1.165) is 23.8 Å². The van der Waals surface area contributed by atoms with Gasteiger partial charge in [0.1, 0.15) is 11.9 Å². The summed E-state index contributed by atoms with van der Waals surface area (Å²) >= 11 is 0. The number of ether oxygens (including phenoxy) is 1. The maximum Gasteiger partial charge on any atom is 0.338 e. The van der Waals surface area contributed by atoms with Crippen molar-refractivity contribution in [3.8, 4) is 5.75 Å². The second-order valence-corrected chi connectivity index (χ2v) is 5.55. The number of phenols is 1. The number of nitro groups is 1. The topological polar surface area (TPSA) is 89.7 Å². The number of phenolic OH excluding ortho intramolecular Hbond substituents is 1. The summed E-state index contributed by atoms with van der Waals surface area (Å²) in [5, 5.41) is 20.4. The Hall–Kier alpha value is -2.89. The van der Waals surface area contributed by atoms with Crippen molar-refractivity contribution >= 4 is 11.7 Å². The molecule has 0 aromatic heterocycles. The summed E-state index contributed by atoms with van der Waals surface area (Å²) in [6, 6.07) is 12.9. The molecule has 0 aliphatic heterocycles. The fourth-order valence-corrected chi connectivity index (χ4v) is 2.53. The van der Waals surface area contributed by atoms with Gasteiger partial charge in [0.2, 0.25) is 0 Å². The number of carbonyl (C=O) groups excluding carboxylic acids is 1. The van der Waals surface area contributed by atoms with Gasteiger partial charge in [-0.25, -0.2) is 4.79 Å². The van der Waals surface area contributed by atoms with Gasteiger partial charge in [-0.2, -0.15) is 0 Å². The lowest BCUT2D eigenvalue weighted by molar-refractivity contribution is -0.385. The number of hydrogen-bond donors (Lipinski definition) is 1. The third-order valence-corrected chi connectivity index (χ3v) is 3.89. The van der Waals surface area contributed by atoms with E-state index in [1.54, 1.807) is 0 Å². The van der Waals surface area contributed by atoms with Crippen molar-refractivity contribution in [2.24, 2.45) is 0 Å². The Morgan fingerprint density at radius 1 is 1.25 bits per heavy atom. The number of non-ortho nitro benzene ring substituents is 1. The van der Waals surface area contributed by atoms with Gasteiger partial charge in [0.25, 0.3) is 5.69 Å². The summed E-state index contributed by atoms with van der Waals surface area (Å²) in [5.41, 5.74) is 0.644. The van der Waals surface area contributed by atoms with E-state index < -0.39 is 10.9 Å². The van der Waals surface area contributed by atoms with Crippen LogP contribution < -0.4 is 0 Å². The predicted molar refractivity (Wildman–Crippen MR) is 89.1 cm³/mol. The van der Waals surface area contributed by atoms with Crippen molar-refractivity contribution < 1.29 is 19.6 Å². The fraction of sp³-hybridized carbons (Fsp3) is 0.278. The minimum absolute atomic E-state index is 0.0209. The second-order valence-electron chi connectivity index (χ2n) is 5.55. The lowest BCUT2D eigenvalue weighted by Crippen LogP contribution is -2.23. The van der Waals surface area contributed by atoms with Crippen LogP contribution in [0.2, 0.25) is 0 Å². The first kappa shape index (κ1) is 17.5. The van der Waals surface area contributed by atoms with Crippen molar-refractivity contribution in [3.63, 3.8) is 0 Å². The number of nitro benzene ring substituents is 1. The first-order chi connectivity index (χ1) is 11.4. The van der Waals surface area contributed by atoms with Crippen LogP contribution in [0.1, 0.15) is 42.1 Å². The smallest absolute Gasteiger partial charge is 0.338 e. The number of carbonyl (C=O) groups is 1. The van der Waals surface area contributed by atoms with E-state index in [1.165, 1.54) is 0 Å². The summed E-state index contributed by atoms with van der Waals surface area (Å²) < 4.78 is 5.52. The minimum Gasteiger partial charge on any atom is -0.508 e. The monoisotopic (exact) mass is 329 g/mol. The Labute approximate surface area is 139 Å². The van der Waals surface area contributed by atoms with Crippen LogP contribution in [0.25, 0.3) is 0 Å². The van der Waals surface area contributed by atoms with Gasteiger partial charge in [0.15, 0.2) is 0 Å². The highest BCUT2D eigenvalue weighted by Crippen LogP contribution is 2.26. The van der Waals surface area contributed by atoms with Crippen molar-refractivity contribution in [1.29, 1.82) is 0 Å². The zero-order valence-electron chi connectivity index (χ0n) is 13.5. The van der Waals surface area contributed by atoms with Crippen LogP contribution in [-0.4, -0.2) is 22.1 Å². The van der Waals surface area contributed by atoms with Gasteiger partial charge in [-0.1, -0.05) is 44.2 Å². The molecule has 0 saturated carbocycles. The molecule has 24 heavy (non-hydrogen) atoms. The number of esters is 1. The number of rotatable bonds is 6. The average Bonchev–Trinajstić information content (AvgIpc) is 2.59. The second kappa shape index (κ2) is 7.59. The quantitative estimate of drug-likeness (QED) is 0.491. The maximum atomic E-state index is 12.3. The highest BCUT2D eigenvalue weighted by molar-refractivity contribution is 5.90. The zero-order chi connectivity index (χ0) is 17.7. The molecule has 2 aromatic rings. The third-order valence-electron chi connectivity index (χ3n) is 3.89. The van der Waals surface area contributed by atoms with E-state index >= 15 is 0 Å². The Kier molecular flexibility index (Phi) is 5.52. The third kappa shape index (κ3) is 4.10. The SMILES string of the molecule is CCC(OC(=O)c1cc(O)cc([N+](=O)[O-])c1)C(C)c1ccccc1. The molecule has 6 nitrogen and oxygen atoms in total. The van der Waals surface area contributed by atoms with E-state index in [9.17, 15) is 20.0 Å². The molecule has 0 bridgehead atoms. The molecule has 126 valence electrons. The molecule has 2 atom stereocenters. The van der Waals surface area contributed by atoms with Crippen LogP contribution in [0, 0.1) is 10.1 Å². The molecular formula is C18H19NO5.